The molecule has 0 bridgehead atoms. The first-order valence-electron chi connectivity index (χ1n) is 6.66. The topological polar surface area (TPSA) is 43.2 Å². The van der Waals surface area contributed by atoms with E-state index in [0.29, 0.717) is 0 Å². The molecule has 1 aliphatic rings. The van der Waals surface area contributed by atoms with Crippen LogP contribution in [0.5, 0.6) is 0 Å². The molecule has 1 aliphatic heterocycles. The lowest BCUT2D eigenvalue weighted by molar-refractivity contribution is 0.216. The average molecular weight is 323 g/mol. The summed E-state index contributed by atoms with van der Waals surface area (Å²) < 4.78 is 1.05. The van der Waals surface area contributed by atoms with Crippen molar-refractivity contribution in [1.82, 2.24) is 9.88 Å². The van der Waals surface area contributed by atoms with E-state index in [9.17, 15) is 0 Å². The Morgan fingerprint density at radius 3 is 2.63 bits per heavy atom. The number of nitrogens with zero attached hydrogens (tertiary/aromatic N) is 4. The number of anilines is 1. The predicted molar refractivity (Wildman–Crippen MR) is 80.2 cm³/mol. The summed E-state index contributed by atoms with van der Waals surface area (Å²) in [6.45, 7) is 7.89. The minimum atomic E-state index is 0.0572. The van der Waals surface area contributed by atoms with E-state index in [-0.39, 0.29) is 6.04 Å². The van der Waals surface area contributed by atoms with E-state index < -0.39 is 0 Å². The zero-order valence-corrected chi connectivity index (χ0v) is 13.0. The highest BCUT2D eigenvalue weighted by Gasteiger charge is 2.23. The Hall–Kier alpha value is -1.12. The number of pyridine rings is 1. The Morgan fingerprint density at radius 1 is 1.42 bits per heavy atom. The summed E-state index contributed by atoms with van der Waals surface area (Å²) in [7, 11) is 0. The molecule has 0 radical (unpaired) electrons. The summed E-state index contributed by atoms with van der Waals surface area (Å²) in [6, 6.07) is 4.55. The third-order valence-electron chi connectivity index (χ3n) is 3.65. The molecule has 0 amide bonds. The molecule has 0 spiro atoms. The smallest absolute Gasteiger partial charge is 0.128 e. The summed E-state index contributed by atoms with van der Waals surface area (Å²) in [5, 5.41) is 9.11. The first-order chi connectivity index (χ1) is 9.15. The minimum Gasteiger partial charge on any atom is -0.354 e. The molecule has 1 aromatic rings. The highest BCUT2D eigenvalue weighted by Crippen LogP contribution is 2.21. The first-order valence-corrected chi connectivity index (χ1v) is 7.45. The quantitative estimate of drug-likeness (QED) is 0.857. The third-order valence-corrected chi connectivity index (χ3v) is 4.48. The molecular weight excluding hydrogens is 304 g/mol. The maximum absolute atomic E-state index is 9.11. The molecule has 0 saturated carbocycles. The standard InChI is InChI=1S/C14H19BrN4/c1-3-12(9-16)18-4-6-19(7-5-18)14-8-11(2)13(15)10-17-14/h8,10,12H,3-7H2,1-2H3. The molecule has 0 aliphatic carbocycles. The van der Waals surface area contributed by atoms with Crippen LogP contribution in [0.4, 0.5) is 5.82 Å². The maximum Gasteiger partial charge on any atom is 0.128 e. The average Bonchev–Trinajstić information content (AvgIpc) is 2.44. The van der Waals surface area contributed by atoms with E-state index >= 15 is 0 Å². The third kappa shape index (κ3) is 3.26. The summed E-state index contributed by atoms with van der Waals surface area (Å²) >= 11 is 3.48. The molecule has 5 heteroatoms. The van der Waals surface area contributed by atoms with E-state index in [0.717, 1.165) is 42.9 Å². The zero-order chi connectivity index (χ0) is 13.8. The molecular formula is C14H19BrN4. The van der Waals surface area contributed by atoms with Gasteiger partial charge in [0.15, 0.2) is 0 Å². The summed E-state index contributed by atoms with van der Waals surface area (Å²) in [5.74, 6) is 1.03. The maximum atomic E-state index is 9.11. The second-order valence-electron chi connectivity index (χ2n) is 4.87. The summed E-state index contributed by atoms with van der Waals surface area (Å²) in [5.41, 5.74) is 1.20. The van der Waals surface area contributed by atoms with Crippen LogP contribution in [0.2, 0.25) is 0 Å². The van der Waals surface area contributed by atoms with E-state index in [1.54, 1.807) is 0 Å². The van der Waals surface area contributed by atoms with Crippen LogP contribution in [-0.4, -0.2) is 42.1 Å². The fourth-order valence-electron chi connectivity index (χ4n) is 2.39. The number of aromatic nitrogens is 1. The molecule has 1 fully saturated rings. The van der Waals surface area contributed by atoms with Crippen molar-refractivity contribution < 1.29 is 0 Å². The van der Waals surface area contributed by atoms with Gasteiger partial charge in [-0.3, -0.25) is 4.90 Å². The number of hydrogen-bond acceptors (Lipinski definition) is 4. The van der Waals surface area contributed by atoms with Gasteiger partial charge in [-0.25, -0.2) is 4.98 Å². The molecule has 2 rings (SSSR count). The second-order valence-corrected chi connectivity index (χ2v) is 5.72. The summed E-state index contributed by atoms with van der Waals surface area (Å²) in [6.07, 6.45) is 2.76. The summed E-state index contributed by atoms with van der Waals surface area (Å²) in [4.78, 5) is 9.03. The number of rotatable bonds is 3. The van der Waals surface area contributed by atoms with E-state index in [1.165, 1.54) is 5.56 Å². The normalized spacial score (nSPS) is 18.1. The van der Waals surface area contributed by atoms with Crippen LogP contribution in [0.15, 0.2) is 16.7 Å². The molecule has 1 unspecified atom stereocenters. The molecule has 1 atom stereocenters. The first kappa shape index (κ1) is 14.3. The second kappa shape index (κ2) is 6.36. The van der Waals surface area contributed by atoms with Gasteiger partial charge in [-0.2, -0.15) is 5.26 Å². The van der Waals surface area contributed by atoms with Crippen molar-refractivity contribution in [3.63, 3.8) is 0 Å². The SMILES string of the molecule is CCC(C#N)N1CCN(c2cc(C)c(Br)cn2)CC1. The lowest BCUT2D eigenvalue weighted by atomic mass is 10.2. The highest BCUT2D eigenvalue weighted by atomic mass is 79.9. The van der Waals surface area contributed by atoms with Crippen LogP contribution < -0.4 is 4.90 Å². The van der Waals surface area contributed by atoms with Crippen LogP contribution in [0, 0.1) is 18.3 Å². The molecule has 2 heterocycles. The fourth-order valence-corrected chi connectivity index (χ4v) is 2.61. The monoisotopic (exact) mass is 322 g/mol. The van der Waals surface area contributed by atoms with Crippen LogP contribution in [0.3, 0.4) is 0 Å². The number of halogens is 1. The largest absolute Gasteiger partial charge is 0.354 e. The number of aryl methyl sites for hydroxylation is 1. The van der Waals surface area contributed by atoms with E-state index in [2.05, 4.69) is 56.7 Å². The Morgan fingerprint density at radius 2 is 2.11 bits per heavy atom. The Balaban J connectivity index is 2.00. The van der Waals surface area contributed by atoms with Crippen LogP contribution in [0.25, 0.3) is 0 Å². The van der Waals surface area contributed by atoms with Crippen LogP contribution in [-0.2, 0) is 0 Å². The molecule has 19 heavy (non-hydrogen) atoms. The Kier molecular flexibility index (Phi) is 4.78. The van der Waals surface area contributed by atoms with Gasteiger partial charge in [-0.05, 0) is 40.9 Å². The van der Waals surface area contributed by atoms with Crippen molar-refractivity contribution in [1.29, 1.82) is 5.26 Å². The molecule has 4 nitrogen and oxygen atoms in total. The van der Waals surface area contributed by atoms with E-state index in [4.69, 9.17) is 5.26 Å². The number of hydrogen-bond donors (Lipinski definition) is 0. The number of nitriles is 1. The van der Waals surface area contributed by atoms with Crippen LogP contribution in [0.1, 0.15) is 18.9 Å². The molecule has 1 saturated heterocycles. The van der Waals surface area contributed by atoms with E-state index in [1.807, 2.05) is 6.20 Å². The van der Waals surface area contributed by atoms with Gasteiger partial charge in [0.05, 0.1) is 12.1 Å². The van der Waals surface area contributed by atoms with Gasteiger partial charge in [-0.15, -0.1) is 0 Å². The predicted octanol–water partition coefficient (Wildman–Crippen LogP) is 2.58. The van der Waals surface area contributed by atoms with Gasteiger partial charge in [-0.1, -0.05) is 6.92 Å². The lowest BCUT2D eigenvalue weighted by Gasteiger charge is -2.37. The Labute approximate surface area is 123 Å². The van der Waals surface area contributed by atoms with Gasteiger partial charge < -0.3 is 4.90 Å². The van der Waals surface area contributed by atoms with Crippen molar-refractivity contribution >= 4 is 21.7 Å². The number of piperazine rings is 1. The van der Waals surface area contributed by atoms with Crippen molar-refractivity contribution in [3.05, 3.63) is 22.3 Å². The fraction of sp³-hybridized carbons (Fsp3) is 0.571. The van der Waals surface area contributed by atoms with Crippen molar-refractivity contribution in [2.24, 2.45) is 0 Å². The Bertz CT molecular complexity index is 475. The van der Waals surface area contributed by atoms with Gasteiger partial charge >= 0.3 is 0 Å². The minimum absolute atomic E-state index is 0.0572. The molecule has 0 N–H and O–H groups in total. The van der Waals surface area contributed by atoms with Gasteiger partial charge in [0.1, 0.15) is 5.82 Å². The van der Waals surface area contributed by atoms with Crippen molar-refractivity contribution in [3.8, 4) is 6.07 Å². The molecule has 1 aromatic heterocycles. The van der Waals surface area contributed by atoms with Gasteiger partial charge in [0.2, 0.25) is 0 Å². The highest BCUT2D eigenvalue weighted by molar-refractivity contribution is 9.10. The van der Waals surface area contributed by atoms with Gasteiger partial charge in [0.25, 0.3) is 0 Å². The van der Waals surface area contributed by atoms with Crippen molar-refractivity contribution in [2.45, 2.75) is 26.3 Å². The molecule has 102 valence electrons. The van der Waals surface area contributed by atoms with Gasteiger partial charge in [0, 0.05) is 36.8 Å². The van der Waals surface area contributed by atoms with Crippen molar-refractivity contribution in [2.75, 3.05) is 31.1 Å². The lowest BCUT2D eigenvalue weighted by Crippen LogP contribution is -2.50. The zero-order valence-electron chi connectivity index (χ0n) is 11.4. The molecule has 0 aromatic carbocycles. The van der Waals surface area contributed by atoms with Crippen LogP contribution >= 0.6 is 15.9 Å².